The molecule has 0 aromatic rings. The summed E-state index contributed by atoms with van der Waals surface area (Å²) >= 11 is 0. The third-order valence-corrected chi connectivity index (χ3v) is 9.52. The number of hydrogen-bond donors (Lipinski definition) is 0. The van der Waals surface area contributed by atoms with Crippen molar-refractivity contribution < 1.29 is 13.9 Å². The van der Waals surface area contributed by atoms with Crippen LogP contribution in [0.4, 0.5) is 4.39 Å². The Morgan fingerprint density at radius 3 is 2.74 bits per heavy atom. The van der Waals surface area contributed by atoms with Gasteiger partial charge in [0.15, 0.2) is 0 Å². The molecule has 0 aromatic heterocycles. The lowest BCUT2D eigenvalue weighted by atomic mass is 9.46. The zero-order valence-electron chi connectivity index (χ0n) is 17.4. The van der Waals surface area contributed by atoms with Crippen LogP contribution in [0.5, 0.6) is 0 Å². The SMILES string of the molecule is COC(=O)CCCC1CCC2C3CCC4CCC(F)=CC4(C)C3CCC12C. The summed E-state index contributed by atoms with van der Waals surface area (Å²) in [7, 11) is 1.48. The molecule has 2 nitrogen and oxygen atoms in total. The summed E-state index contributed by atoms with van der Waals surface area (Å²) in [6, 6.07) is 0. The Labute approximate surface area is 164 Å². The number of rotatable bonds is 4. The molecule has 0 radical (unpaired) electrons. The summed E-state index contributed by atoms with van der Waals surface area (Å²) in [5, 5.41) is 0. The third-order valence-electron chi connectivity index (χ3n) is 9.52. The van der Waals surface area contributed by atoms with Gasteiger partial charge in [0.25, 0.3) is 0 Å². The van der Waals surface area contributed by atoms with Crippen molar-refractivity contribution in [2.45, 2.75) is 84.5 Å². The largest absolute Gasteiger partial charge is 0.469 e. The Morgan fingerprint density at radius 2 is 1.96 bits per heavy atom. The highest BCUT2D eigenvalue weighted by molar-refractivity contribution is 5.68. The van der Waals surface area contributed by atoms with E-state index in [4.69, 9.17) is 4.74 Å². The van der Waals surface area contributed by atoms with E-state index >= 15 is 0 Å². The molecule has 4 rings (SSSR count). The van der Waals surface area contributed by atoms with Crippen LogP contribution in [0.15, 0.2) is 11.9 Å². The van der Waals surface area contributed by atoms with Gasteiger partial charge in [0.1, 0.15) is 0 Å². The monoisotopic (exact) mass is 376 g/mol. The molecule has 7 atom stereocenters. The average molecular weight is 377 g/mol. The highest BCUT2D eigenvalue weighted by Crippen LogP contribution is 2.67. The number of hydrogen-bond acceptors (Lipinski definition) is 2. The molecule has 0 bridgehead atoms. The molecule has 0 saturated heterocycles. The summed E-state index contributed by atoms with van der Waals surface area (Å²) in [4.78, 5) is 11.5. The fourth-order valence-corrected chi connectivity index (χ4v) is 8.05. The maximum Gasteiger partial charge on any atom is 0.305 e. The second-order valence-corrected chi connectivity index (χ2v) is 10.4. The van der Waals surface area contributed by atoms with Crippen LogP contribution in [0.3, 0.4) is 0 Å². The molecule has 3 heteroatoms. The first kappa shape index (κ1) is 19.5. The summed E-state index contributed by atoms with van der Waals surface area (Å²) in [6.45, 7) is 4.91. The number of carbonyl (C=O) groups is 1. The Bertz CT molecular complexity index is 614. The molecule has 4 aliphatic carbocycles. The fraction of sp³-hybridized carbons (Fsp3) is 0.875. The minimum absolute atomic E-state index is 0.0734. The van der Waals surface area contributed by atoms with Gasteiger partial charge in [0.05, 0.1) is 12.9 Å². The van der Waals surface area contributed by atoms with E-state index in [0.29, 0.717) is 30.1 Å². The van der Waals surface area contributed by atoms with Gasteiger partial charge in [0, 0.05) is 6.42 Å². The molecule has 0 heterocycles. The van der Waals surface area contributed by atoms with E-state index < -0.39 is 0 Å². The Hall–Kier alpha value is -0.860. The first-order valence-corrected chi connectivity index (χ1v) is 11.3. The average Bonchev–Trinajstić information content (AvgIpc) is 2.97. The number of allylic oxidation sites excluding steroid dienone is 2. The van der Waals surface area contributed by atoms with Gasteiger partial charge in [0.2, 0.25) is 0 Å². The molecule has 3 fully saturated rings. The summed E-state index contributed by atoms with van der Waals surface area (Å²) in [5.41, 5.74) is 0.521. The molecule has 0 N–H and O–H groups in total. The molecule has 7 unspecified atom stereocenters. The molecule has 152 valence electrons. The molecular formula is C24H37FO2. The van der Waals surface area contributed by atoms with Crippen molar-refractivity contribution in [1.82, 2.24) is 0 Å². The lowest BCUT2D eigenvalue weighted by molar-refractivity contribution is -0.140. The van der Waals surface area contributed by atoms with E-state index in [9.17, 15) is 9.18 Å². The van der Waals surface area contributed by atoms with E-state index in [1.165, 1.54) is 45.6 Å². The van der Waals surface area contributed by atoms with E-state index in [2.05, 4.69) is 13.8 Å². The highest BCUT2D eigenvalue weighted by Gasteiger charge is 2.59. The van der Waals surface area contributed by atoms with Gasteiger partial charge in [-0.1, -0.05) is 13.8 Å². The molecule has 0 aromatic carbocycles. The van der Waals surface area contributed by atoms with Gasteiger partial charge in [-0.2, -0.15) is 0 Å². The fourth-order valence-electron chi connectivity index (χ4n) is 8.05. The maximum absolute atomic E-state index is 14.2. The Kier molecular flexibility index (Phi) is 5.18. The Morgan fingerprint density at radius 1 is 1.15 bits per heavy atom. The second-order valence-electron chi connectivity index (χ2n) is 10.4. The minimum atomic E-state index is -0.0734. The van der Waals surface area contributed by atoms with Crippen LogP contribution in [0.1, 0.15) is 84.5 Å². The molecular weight excluding hydrogens is 339 g/mol. The molecule has 27 heavy (non-hydrogen) atoms. The van der Waals surface area contributed by atoms with Gasteiger partial charge < -0.3 is 4.74 Å². The van der Waals surface area contributed by atoms with Crippen molar-refractivity contribution in [2.24, 2.45) is 40.4 Å². The topological polar surface area (TPSA) is 26.3 Å². The summed E-state index contributed by atoms with van der Waals surface area (Å²) in [6.07, 6.45) is 14.3. The summed E-state index contributed by atoms with van der Waals surface area (Å²) < 4.78 is 19.0. The number of esters is 1. The predicted molar refractivity (Wildman–Crippen MR) is 106 cm³/mol. The number of methoxy groups -OCH3 is 1. The van der Waals surface area contributed by atoms with Crippen LogP contribution in [-0.4, -0.2) is 13.1 Å². The number of ether oxygens (including phenoxy) is 1. The van der Waals surface area contributed by atoms with Crippen LogP contribution >= 0.6 is 0 Å². The molecule has 3 saturated carbocycles. The summed E-state index contributed by atoms with van der Waals surface area (Å²) in [5.74, 6) is 3.77. The van der Waals surface area contributed by atoms with Crippen LogP contribution in [0.25, 0.3) is 0 Å². The molecule has 0 spiro atoms. The number of fused-ring (bicyclic) bond motifs is 5. The molecule has 0 amide bonds. The third kappa shape index (κ3) is 3.17. The van der Waals surface area contributed by atoms with Crippen molar-refractivity contribution in [3.63, 3.8) is 0 Å². The standard InChI is InChI=1S/C24H37FO2/c1-23-14-13-21-19(11-8-17-7-10-18(25)15-24(17,21)2)20(23)12-9-16(23)5-4-6-22(26)27-3/h15-17,19-21H,4-14H2,1-3H3. The van der Waals surface area contributed by atoms with Gasteiger partial charge >= 0.3 is 5.97 Å². The maximum atomic E-state index is 14.2. The van der Waals surface area contributed by atoms with Crippen molar-refractivity contribution in [3.05, 3.63) is 11.9 Å². The van der Waals surface area contributed by atoms with Crippen molar-refractivity contribution in [1.29, 1.82) is 0 Å². The van der Waals surface area contributed by atoms with Crippen LogP contribution < -0.4 is 0 Å². The second kappa shape index (κ2) is 7.19. The lowest BCUT2D eigenvalue weighted by Gasteiger charge is -2.59. The quantitative estimate of drug-likeness (QED) is 0.527. The lowest BCUT2D eigenvalue weighted by Crippen LogP contribution is -2.51. The van der Waals surface area contributed by atoms with Gasteiger partial charge in [-0.05, 0) is 111 Å². The molecule has 4 aliphatic rings. The van der Waals surface area contributed by atoms with E-state index in [-0.39, 0.29) is 17.2 Å². The van der Waals surface area contributed by atoms with Crippen molar-refractivity contribution in [2.75, 3.05) is 7.11 Å². The number of halogens is 1. The zero-order valence-corrected chi connectivity index (χ0v) is 17.4. The van der Waals surface area contributed by atoms with E-state index in [1.54, 1.807) is 0 Å². The first-order chi connectivity index (χ1) is 12.9. The van der Waals surface area contributed by atoms with E-state index in [1.807, 2.05) is 6.08 Å². The van der Waals surface area contributed by atoms with Crippen LogP contribution in [-0.2, 0) is 9.53 Å². The van der Waals surface area contributed by atoms with Crippen LogP contribution in [0.2, 0.25) is 0 Å². The minimum Gasteiger partial charge on any atom is -0.469 e. The van der Waals surface area contributed by atoms with E-state index in [0.717, 1.165) is 37.0 Å². The zero-order chi connectivity index (χ0) is 19.2. The normalized spacial score (nSPS) is 46.1. The predicted octanol–water partition coefficient (Wildman–Crippen LogP) is 6.45. The molecule has 0 aliphatic heterocycles. The van der Waals surface area contributed by atoms with Crippen LogP contribution in [0, 0.1) is 40.4 Å². The van der Waals surface area contributed by atoms with Crippen molar-refractivity contribution >= 4 is 5.97 Å². The first-order valence-electron chi connectivity index (χ1n) is 11.3. The number of carbonyl (C=O) groups excluding carboxylic acids is 1. The van der Waals surface area contributed by atoms with Gasteiger partial charge in [-0.25, -0.2) is 4.39 Å². The Balaban J connectivity index is 1.48. The smallest absolute Gasteiger partial charge is 0.305 e. The highest BCUT2D eigenvalue weighted by atomic mass is 19.1. The van der Waals surface area contributed by atoms with Gasteiger partial charge in [-0.15, -0.1) is 0 Å². The van der Waals surface area contributed by atoms with Gasteiger partial charge in [-0.3, -0.25) is 4.79 Å². The van der Waals surface area contributed by atoms with Crippen molar-refractivity contribution in [3.8, 4) is 0 Å².